The number of carbonyl (C=O) groups excluding carboxylic acids is 2. The smallest absolute Gasteiger partial charge is 0.242 e. The Morgan fingerprint density at radius 1 is 0.871 bits per heavy atom. The van der Waals surface area contributed by atoms with E-state index in [1.807, 2.05) is 0 Å². The standard InChI is InChI=1S/C19H24N4O6S2/c1-13(22-30(26,27)17-10-8-15(9-11-17)20-14(2)24)19(25)21-16-6-5-7-18(12-16)31(28,29)23(3)4/h5-13,22H,1-4H3,(H,20,24)(H,21,25)/t13-/m0/s1. The highest BCUT2D eigenvalue weighted by molar-refractivity contribution is 7.89. The molecule has 1 atom stereocenters. The second kappa shape index (κ2) is 9.56. The highest BCUT2D eigenvalue weighted by atomic mass is 32.2. The van der Waals surface area contributed by atoms with E-state index in [4.69, 9.17) is 0 Å². The quantitative estimate of drug-likeness (QED) is 0.531. The van der Waals surface area contributed by atoms with Crippen molar-refractivity contribution in [2.75, 3.05) is 24.7 Å². The monoisotopic (exact) mass is 468 g/mol. The fourth-order valence-electron chi connectivity index (χ4n) is 2.47. The summed E-state index contributed by atoms with van der Waals surface area (Å²) in [5.41, 5.74) is 0.642. The van der Waals surface area contributed by atoms with Crippen LogP contribution in [0, 0.1) is 0 Å². The summed E-state index contributed by atoms with van der Waals surface area (Å²) >= 11 is 0. The first-order valence-corrected chi connectivity index (χ1v) is 12.0. The van der Waals surface area contributed by atoms with Gasteiger partial charge in [-0.15, -0.1) is 0 Å². The van der Waals surface area contributed by atoms with Gasteiger partial charge in [0.05, 0.1) is 15.8 Å². The molecule has 12 heteroatoms. The lowest BCUT2D eigenvalue weighted by Crippen LogP contribution is -2.41. The summed E-state index contributed by atoms with van der Waals surface area (Å²) in [4.78, 5) is 23.4. The Morgan fingerprint density at radius 3 is 2.03 bits per heavy atom. The van der Waals surface area contributed by atoms with E-state index in [2.05, 4.69) is 15.4 Å². The van der Waals surface area contributed by atoms with Gasteiger partial charge in [0.15, 0.2) is 0 Å². The van der Waals surface area contributed by atoms with Gasteiger partial charge in [0.1, 0.15) is 0 Å². The van der Waals surface area contributed by atoms with Gasteiger partial charge in [0.2, 0.25) is 31.9 Å². The van der Waals surface area contributed by atoms with Crippen LogP contribution in [0.3, 0.4) is 0 Å². The van der Waals surface area contributed by atoms with Gasteiger partial charge in [0, 0.05) is 32.4 Å². The Morgan fingerprint density at radius 2 is 1.48 bits per heavy atom. The molecule has 0 aliphatic rings. The van der Waals surface area contributed by atoms with E-state index in [1.54, 1.807) is 0 Å². The van der Waals surface area contributed by atoms with E-state index >= 15 is 0 Å². The van der Waals surface area contributed by atoms with Crippen molar-refractivity contribution < 1.29 is 26.4 Å². The maximum Gasteiger partial charge on any atom is 0.242 e. The van der Waals surface area contributed by atoms with Crippen LogP contribution < -0.4 is 15.4 Å². The predicted octanol–water partition coefficient (Wildman–Crippen LogP) is 1.20. The zero-order chi connectivity index (χ0) is 23.4. The number of amides is 2. The molecule has 0 saturated carbocycles. The van der Waals surface area contributed by atoms with Crippen molar-refractivity contribution in [1.29, 1.82) is 0 Å². The van der Waals surface area contributed by atoms with Crippen LogP contribution in [0.5, 0.6) is 0 Å². The van der Waals surface area contributed by atoms with Crippen molar-refractivity contribution in [2.24, 2.45) is 0 Å². The first-order chi connectivity index (χ1) is 14.3. The largest absolute Gasteiger partial charge is 0.326 e. The van der Waals surface area contributed by atoms with Crippen LogP contribution in [0.2, 0.25) is 0 Å². The summed E-state index contributed by atoms with van der Waals surface area (Å²) < 4.78 is 52.8. The van der Waals surface area contributed by atoms with Crippen molar-refractivity contribution >= 4 is 43.2 Å². The molecule has 2 aromatic carbocycles. The number of carbonyl (C=O) groups is 2. The number of anilines is 2. The molecule has 0 fully saturated rings. The summed E-state index contributed by atoms with van der Waals surface area (Å²) in [6, 6.07) is 9.95. The second-order valence-electron chi connectivity index (χ2n) is 6.85. The minimum Gasteiger partial charge on any atom is -0.326 e. The average molecular weight is 469 g/mol. The van der Waals surface area contributed by atoms with Crippen LogP contribution in [0.4, 0.5) is 11.4 Å². The normalized spacial score (nSPS) is 12.9. The number of hydrogen-bond acceptors (Lipinski definition) is 6. The molecule has 0 radical (unpaired) electrons. The Bertz CT molecular complexity index is 1180. The first-order valence-electron chi connectivity index (χ1n) is 9.06. The lowest BCUT2D eigenvalue weighted by molar-refractivity contribution is -0.117. The molecule has 2 amide bonds. The van der Waals surface area contributed by atoms with Gasteiger partial charge in [-0.1, -0.05) is 6.07 Å². The maximum absolute atomic E-state index is 12.5. The number of hydrogen-bond donors (Lipinski definition) is 3. The number of sulfonamides is 2. The minimum absolute atomic E-state index is 0.0113. The maximum atomic E-state index is 12.5. The molecule has 0 bridgehead atoms. The van der Waals surface area contributed by atoms with Gasteiger partial charge in [-0.25, -0.2) is 21.1 Å². The highest BCUT2D eigenvalue weighted by Gasteiger charge is 2.23. The van der Waals surface area contributed by atoms with Crippen LogP contribution in [-0.2, 0) is 29.6 Å². The summed E-state index contributed by atoms with van der Waals surface area (Å²) in [6.45, 7) is 2.69. The van der Waals surface area contributed by atoms with Crippen LogP contribution in [-0.4, -0.2) is 53.1 Å². The molecule has 0 aliphatic heterocycles. The van der Waals surface area contributed by atoms with Crippen molar-refractivity contribution in [3.05, 3.63) is 48.5 Å². The molecule has 31 heavy (non-hydrogen) atoms. The molecule has 0 aliphatic carbocycles. The third-order valence-electron chi connectivity index (χ3n) is 4.09. The Kier molecular flexibility index (Phi) is 7.54. The highest BCUT2D eigenvalue weighted by Crippen LogP contribution is 2.19. The fourth-order valence-corrected chi connectivity index (χ4v) is 4.62. The zero-order valence-electron chi connectivity index (χ0n) is 17.4. The number of nitrogens with one attached hydrogen (secondary N) is 3. The average Bonchev–Trinajstić information content (AvgIpc) is 2.67. The van der Waals surface area contributed by atoms with E-state index in [1.165, 1.54) is 76.5 Å². The van der Waals surface area contributed by atoms with Crippen molar-refractivity contribution in [1.82, 2.24) is 9.03 Å². The van der Waals surface area contributed by atoms with E-state index in [-0.39, 0.29) is 21.4 Å². The topological polar surface area (TPSA) is 142 Å². The van der Waals surface area contributed by atoms with Crippen LogP contribution in [0.1, 0.15) is 13.8 Å². The van der Waals surface area contributed by atoms with Gasteiger partial charge in [-0.2, -0.15) is 4.72 Å². The summed E-state index contributed by atoms with van der Waals surface area (Å²) in [7, 11) is -4.92. The molecule has 2 rings (SSSR count). The van der Waals surface area contributed by atoms with Gasteiger partial charge >= 0.3 is 0 Å². The van der Waals surface area contributed by atoms with Gasteiger partial charge in [-0.3, -0.25) is 9.59 Å². The molecule has 0 unspecified atom stereocenters. The second-order valence-corrected chi connectivity index (χ2v) is 10.7. The van der Waals surface area contributed by atoms with Crippen LogP contribution >= 0.6 is 0 Å². The predicted molar refractivity (Wildman–Crippen MR) is 116 cm³/mol. The molecule has 3 N–H and O–H groups in total. The van der Waals surface area contributed by atoms with Crippen molar-refractivity contribution in [3.8, 4) is 0 Å². The molecule has 0 saturated heterocycles. The lowest BCUT2D eigenvalue weighted by Gasteiger charge is -2.16. The molecular formula is C19H24N4O6S2. The number of benzene rings is 2. The third kappa shape index (κ3) is 6.34. The summed E-state index contributed by atoms with van der Waals surface area (Å²) in [5.74, 6) is -0.959. The van der Waals surface area contributed by atoms with E-state index in [9.17, 15) is 26.4 Å². The summed E-state index contributed by atoms with van der Waals surface area (Å²) in [5, 5.41) is 5.03. The van der Waals surface area contributed by atoms with Crippen molar-refractivity contribution in [2.45, 2.75) is 29.7 Å². The Labute approximate surface area is 181 Å². The molecule has 10 nitrogen and oxygen atoms in total. The van der Waals surface area contributed by atoms with E-state index < -0.39 is 32.0 Å². The lowest BCUT2D eigenvalue weighted by atomic mass is 10.3. The number of rotatable bonds is 8. The SMILES string of the molecule is CC(=O)Nc1ccc(S(=O)(=O)N[C@@H](C)C(=O)Nc2cccc(S(=O)(=O)N(C)C)c2)cc1. The third-order valence-corrected chi connectivity index (χ3v) is 7.46. The van der Waals surface area contributed by atoms with Gasteiger partial charge in [0.25, 0.3) is 0 Å². The van der Waals surface area contributed by atoms with Crippen LogP contribution in [0.25, 0.3) is 0 Å². The Balaban J connectivity index is 2.11. The van der Waals surface area contributed by atoms with Gasteiger partial charge < -0.3 is 10.6 Å². The van der Waals surface area contributed by atoms with E-state index in [0.29, 0.717) is 5.69 Å². The summed E-state index contributed by atoms with van der Waals surface area (Å²) in [6.07, 6.45) is 0. The molecule has 0 aromatic heterocycles. The number of nitrogens with zero attached hydrogens (tertiary/aromatic N) is 1. The van der Waals surface area contributed by atoms with Crippen molar-refractivity contribution in [3.63, 3.8) is 0 Å². The Hall–Kier alpha value is -2.80. The molecule has 0 spiro atoms. The molecule has 0 heterocycles. The van der Waals surface area contributed by atoms with Gasteiger partial charge in [-0.05, 0) is 49.4 Å². The fraction of sp³-hybridized carbons (Fsp3) is 0.263. The van der Waals surface area contributed by atoms with Crippen LogP contribution in [0.15, 0.2) is 58.3 Å². The van der Waals surface area contributed by atoms with E-state index in [0.717, 1.165) is 4.31 Å². The first kappa shape index (κ1) is 24.5. The molecule has 2 aromatic rings. The zero-order valence-corrected chi connectivity index (χ0v) is 19.0. The molecular weight excluding hydrogens is 444 g/mol. The molecule has 168 valence electrons. The minimum atomic E-state index is -4.01.